The first-order valence-corrected chi connectivity index (χ1v) is 8.70. The van der Waals surface area contributed by atoms with Crippen molar-refractivity contribution in [3.05, 3.63) is 63.9 Å². The van der Waals surface area contributed by atoms with E-state index in [0.717, 1.165) is 29.1 Å². The summed E-state index contributed by atoms with van der Waals surface area (Å²) in [6, 6.07) is 4.00. The predicted octanol–water partition coefficient (Wildman–Crippen LogP) is 3.74. The Hall–Kier alpha value is -2.80. The summed E-state index contributed by atoms with van der Waals surface area (Å²) >= 11 is 1.52. The maximum Gasteiger partial charge on any atom is 0.281 e. The molecule has 2 aromatic rings. The van der Waals surface area contributed by atoms with Gasteiger partial charge in [0.1, 0.15) is 10.8 Å². The van der Waals surface area contributed by atoms with Crippen LogP contribution in [-0.2, 0) is 11.3 Å². The first kappa shape index (κ1) is 15.7. The first-order chi connectivity index (χ1) is 12.2. The number of benzene rings is 1. The van der Waals surface area contributed by atoms with Gasteiger partial charge in [0.15, 0.2) is 5.71 Å². The van der Waals surface area contributed by atoms with Gasteiger partial charge in [-0.25, -0.2) is 9.37 Å². The van der Waals surface area contributed by atoms with Crippen LogP contribution in [0.15, 0.2) is 47.0 Å². The van der Waals surface area contributed by atoms with Crippen LogP contribution in [0.3, 0.4) is 0 Å². The molecule has 2 aliphatic rings. The molecule has 4 rings (SSSR count). The molecule has 1 aromatic carbocycles. The number of carbonyl (C=O) groups excluding carboxylic acids is 1. The number of allylic oxidation sites excluding steroid dienone is 4. The molecule has 0 fully saturated rings. The number of halogens is 1. The van der Waals surface area contributed by atoms with E-state index in [4.69, 9.17) is 5.21 Å². The number of nitrogens with zero attached hydrogens (tertiary/aromatic N) is 3. The maximum absolute atomic E-state index is 13.5. The van der Waals surface area contributed by atoms with Crippen molar-refractivity contribution in [1.29, 1.82) is 0 Å². The molecule has 0 bridgehead atoms. The summed E-state index contributed by atoms with van der Waals surface area (Å²) in [5, 5.41) is 15.0. The number of amides is 1. The lowest BCUT2D eigenvalue weighted by molar-refractivity contribution is -0.112. The molecule has 0 saturated carbocycles. The van der Waals surface area contributed by atoms with E-state index in [-0.39, 0.29) is 12.3 Å². The molecule has 0 radical (unpaired) electrons. The fourth-order valence-electron chi connectivity index (χ4n) is 2.99. The summed E-state index contributed by atoms with van der Waals surface area (Å²) < 4.78 is 13.5. The largest absolute Gasteiger partial charge is 0.410 e. The Morgan fingerprint density at radius 3 is 3.00 bits per heavy atom. The highest BCUT2D eigenvalue weighted by molar-refractivity contribution is 7.10. The normalized spacial score (nSPS) is 18.0. The minimum atomic E-state index is -0.485. The van der Waals surface area contributed by atoms with Crippen LogP contribution in [0, 0.1) is 5.82 Å². The summed E-state index contributed by atoms with van der Waals surface area (Å²) in [6.45, 7) is 0.240. The fourth-order valence-corrected chi connectivity index (χ4v) is 3.82. The Morgan fingerprint density at radius 2 is 2.24 bits per heavy atom. The number of thiazole rings is 1. The van der Waals surface area contributed by atoms with Crippen molar-refractivity contribution in [3.63, 3.8) is 0 Å². The molecule has 1 aliphatic heterocycles. The van der Waals surface area contributed by atoms with E-state index in [0.29, 0.717) is 11.3 Å². The molecule has 1 amide bonds. The van der Waals surface area contributed by atoms with Gasteiger partial charge in [0.05, 0.1) is 17.9 Å². The van der Waals surface area contributed by atoms with E-state index in [1.165, 1.54) is 34.4 Å². The van der Waals surface area contributed by atoms with Crippen LogP contribution >= 0.6 is 11.3 Å². The Morgan fingerprint density at radius 1 is 1.36 bits per heavy atom. The van der Waals surface area contributed by atoms with Gasteiger partial charge in [-0.2, -0.15) is 0 Å². The second-order valence-corrected chi connectivity index (χ2v) is 6.64. The van der Waals surface area contributed by atoms with Gasteiger partial charge in [-0.3, -0.25) is 4.79 Å². The Bertz CT molecular complexity index is 946. The number of anilines is 1. The minimum absolute atomic E-state index is 0.150. The van der Waals surface area contributed by atoms with Crippen LogP contribution < -0.4 is 4.90 Å². The molecule has 0 saturated heterocycles. The molecule has 0 atom stereocenters. The molecule has 5 nitrogen and oxygen atoms in total. The molecule has 1 N–H and O–H groups in total. The highest BCUT2D eigenvalue weighted by Crippen LogP contribution is 2.32. The number of aromatic nitrogens is 1. The molecule has 0 spiro atoms. The molecule has 7 heteroatoms. The molecule has 2 heterocycles. The average molecular weight is 355 g/mol. The predicted molar refractivity (Wildman–Crippen MR) is 94.4 cm³/mol. The van der Waals surface area contributed by atoms with E-state index in [1.807, 2.05) is 5.38 Å². The van der Waals surface area contributed by atoms with Crippen molar-refractivity contribution < 1.29 is 14.4 Å². The highest BCUT2D eigenvalue weighted by Gasteiger charge is 2.35. The third kappa shape index (κ3) is 2.76. The molecular weight excluding hydrogens is 341 g/mol. The number of carbonyl (C=O) groups is 1. The van der Waals surface area contributed by atoms with Crippen LogP contribution in [0.4, 0.5) is 10.1 Å². The van der Waals surface area contributed by atoms with Gasteiger partial charge in [-0.1, -0.05) is 23.4 Å². The van der Waals surface area contributed by atoms with E-state index in [9.17, 15) is 9.18 Å². The third-order valence-electron chi connectivity index (χ3n) is 4.17. The number of hydrogen-bond acceptors (Lipinski definition) is 5. The van der Waals surface area contributed by atoms with Gasteiger partial charge in [0.2, 0.25) is 0 Å². The Balaban J connectivity index is 1.63. The fraction of sp³-hybridized carbons (Fsp3) is 0.167. The van der Waals surface area contributed by atoms with Gasteiger partial charge < -0.3 is 10.1 Å². The van der Waals surface area contributed by atoms with Crippen molar-refractivity contribution >= 4 is 34.2 Å². The summed E-state index contributed by atoms with van der Waals surface area (Å²) in [5.41, 5.74) is 2.49. The van der Waals surface area contributed by atoms with Crippen molar-refractivity contribution in [2.24, 2.45) is 5.16 Å². The van der Waals surface area contributed by atoms with Gasteiger partial charge in [0, 0.05) is 16.5 Å². The lowest BCUT2D eigenvalue weighted by Gasteiger charge is -2.15. The van der Waals surface area contributed by atoms with Gasteiger partial charge in [-0.05, 0) is 31.0 Å². The van der Waals surface area contributed by atoms with Gasteiger partial charge in [-0.15, -0.1) is 11.3 Å². The van der Waals surface area contributed by atoms with Crippen LogP contribution in [0.25, 0.3) is 5.57 Å². The minimum Gasteiger partial charge on any atom is -0.410 e. The zero-order valence-electron chi connectivity index (χ0n) is 13.1. The van der Waals surface area contributed by atoms with Crippen LogP contribution in [0.1, 0.15) is 29.1 Å². The molecule has 0 unspecified atom stereocenters. The lowest BCUT2D eigenvalue weighted by atomic mass is 10.1. The number of hydrogen-bond donors (Lipinski definition) is 1. The zero-order chi connectivity index (χ0) is 17.4. The summed E-state index contributed by atoms with van der Waals surface area (Å²) in [7, 11) is 0. The Labute approximate surface area is 147 Å². The Kier molecular flexibility index (Phi) is 3.93. The molecule has 25 heavy (non-hydrogen) atoms. The molecule has 126 valence electrons. The monoisotopic (exact) mass is 355 g/mol. The van der Waals surface area contributed by atoms with Crippen LogP contribution in [0.2, 0.25) is 0 Å². The van der Waals surface area contributed by atoms with Crippen molar-refractivity contribution in [3.8, 4) is 0 Å². The average Bonchev–Trinajstić information content (AvgIpc) is 3.19. The quantitative estimate of drug-likeness (QED) is 0.674. The van der Waals surface area contributed by atoms with E-state index >= 15 is 0 Å². The summed E-state index contributed by atoms with van der Waals surface area (Å²) in [6.07, 6.45) is 8.37. The van der Waals surface area contributed by atoms with E-state index in [2.05, 4.69) is 28.4 Å². The van der Waals surface area contributed by atoms with Crippen LogP contribution in [0.5, 0.6) is 0 Å². The second-order valence-electron chi connectivity index (χ2n) is 5.78. The molecule has 1 aromatic heterocycles. The molecule has 1 aliphatic carbocycles. The smallest absolute Gasteiger partial charge is 0.281 e. The number of fused-ring (bicyclic) bond motifs is 1. The lowest BCUT2D eigenvalue weighted by Crippen LogP contribution is -2.29. The topological polar surface area (TPSA) is 65.8 Å². The van der Waals surface area contributed by atoms with E-state index < -0.39 is 11.7 Å². The number of rotatable bonds is 3. The van der Waals surface area contributed by atoms with Crippen LogP contribution in [-0.4, -0.2) is 21.8 Å². The zero-order valence-corrected chi connectivity index (χ0v) is 14.0. The first-order valence-electron chi connectivity index (χ1n) is 7.82. The number of oxime groups is 1. The van der Waals surface area contributed by atoms with Crippen molar-refractivity contribution in [2.45, 2.75) is 19.4 Å². The maximum atomic E-state index is 13.5. The van der Waals surface area contributed by atoms with Crippen molar-refractivity contribution in [1.82, 2.24) is 4.98 Å². The van der Waals surface area contributed by atoms with Crippen molar-refractivity contribution in [2.75, 3.05) is 4.90 Å². The van der Waals surface area contributed by atoms with E-state index in [1.54, 1.807) is 0 Å². The second kappa shape index (κ2) is 6.25. The standard InChI is InChI=1S/C18H14FN3O2S/c19-12-6-7-15-14(8-12)16(21-24)18(23)22(15)9-13-10-25-17(20-13)11-4-2-1-3-5-11/h2,4-8,10,24H,1,3,9H2/b21-16-. The summed E-state index contributed by atoms with van der Waals surface area (Å²) in [5.74, 6) is -0.948. The van der Waals surface area contributed by atoms with Gasteiger partial charge >= 0.3 is 0 Å². The molecular formula is C18H14FN3O2S. The highest BCUT2D eigenvalue weighted by atomic mass is 32.1. The third-order valence-corrected chi connectivity index (χ3v) is 5.11. The summed E-state index contributed by atoms with van der Waals surface area (Å²) in [4.78, 5) is 18.5. The SMILES string of the molecule is O=C1/C(=N\O)c2cc(F)ccc2N1Cc1csc(C2=CCCC=C2)n1. The van der Waals surface area contributed by atoms with Gasteiger partial charge in [0.25, 0.3) is 5.91 Å².